The molecule has 0 saturated heterocycles. The second-order valence-electron chi connectivity index (χ2n) is 4.70. The lowest BCUT2D eigenvalue weighted by Crippen LogP contribution is -2.45. The highest BCUT2D eigenvalue weighted by atomic mass is 32.2. The molecule has 2 atom stereocenters. The number of benzene rings is 1. The van der Waals surface area contributed by atoms with Crippen LogP contribution in [-0.2, 0) is 20.4 Å². The van der Waals surface area contributed by atoms with Crippen LogP contribution in [0, 0.1) is 5.92 Å². The number of hydrogen-bond acceptors (Lipinski definition) is 3. The molecule has 4 nitrogen and oxygen atoms in total. The van der Waals surface area contributed by atoms with E-state index in [1.807, 2.05) is 19.9 Å². The molecule has 104 valence electrons. The molecule has 0 saturated carbocycles. The van der Waals surface area contributed by atoms with Gasteiger partial charge in [-0.3, -0.25) is 13.8 Å². The zero-order chi connectivity index (χ0) is 14.4. The van der Waals surface area contributed by atoms with Gasteiger partial charge in [-0.15, -0.1) is 0 Å². The molecule has 19 heavy (non-hydrogen) atoms. The van der Waals surface area contributed by atoms with E-state index in [-0.39, 0.29) is 23.4 Å². The summed E-state index contributed by atoms with van der Waals surface area (Å²) in [6, 6.07) is 8.30. The summed E-state index contributed by atoms with van der Waals surface area (Å²) in [5.74, 6) is -0.558. The molecule has 0 aromatic heterocycles. The number of ketones is 1. The molecule has 5 heteroatoms. The van der Waals surface area contributed by atoms with Gasteiger partial charge in [-0.1, -0.05) is 32.0 Å². The Kier molecular flexibility index (Phi) is 5.89. The van der Waals surface area contributed by atoms with Crippen LogP contribution in [0.2, 0.25) is 0 Å². The van der Waals surface area contributed by atoms with E-state index in [0.29, 0.717) is 4.90 Å². The summed E-state index contributed by atoms with van der Waals surface area (Å²) >= 11 is 0. The summed E-state index contributed by atoms with van der Waals surface area (Å²) in [6.07, 6.45) is 0. The Morgan fingerprint density at radius 2 is 1.79 bits per heavy atom. The zero-order valence-corrected chi connectivity index (χ0v) is 12.2. The van der Waals surface area contributed by atoms with Gasteiger partial charge in [0.2, 0.25) is 5.91 Å². The molecule has 1 N–H and O–H groups in total. The molecule has 0 heterocycles. The Hall–Kier alpha value is -1.49. The van der Waals surface area contributed by atoms with E-state index in [9.17, 15) is 13.8 Å². The Bertz CT molecular complexity index is 471. The molecule has 0 bridgehead atoms. The van der Waals surface area contributed by atoms with Crippen LogP contribution in [0.1, 0.15) is 20.8 Å². The predicted octanol–water partition coefficient (Wildman–Crippen LogP) is 1.52. The Balaban J connectivity index is 2.61. The van der Waals surface area contributed by atoms with Crippen molar-refractivity contribution in [3.63, 3.8) is 0 Å². The third-order valence-electron chi connectivity index (χ3n) is 2.69. The van der Waals surface area contributed by atoms with Gasteiger partial charge >= 0.3 is 0 Å². The lowest BCUT2D eigenvalue weighted by Gasteiger charge is -2.19. The molecular weight excluding hydrogens is 262 g/mol. The van der Waals surface area contributed by atoms with Crippen molar-refractivity contribution < 1.29 is 13.8 Å². The smallest absolute Gasteiger partial charge is 0.233 e. The summed E-state index contributed by atoms with van der Waals surface area (Å²) in [6.45, 7) is 5.17. The van der Waals surface area contributed by atoms with Gasteiger partial charge in [0.05, 0.1) is 16.8 Å². The molecule has 1 amide bonds. The Morgan fingerprint density at radius 3 is 2.26 bits per heavy atom. The van der Waals surface area contributed by atoms with Crippen LogP contribution in [0.3, 0.4) is 0 Å². The fourth-order valence-corrected chi connectivity index (χ4v) is 2.68. The van der Waals surface area contributed by atoms with Crippen LogP contribution >= 0.6 is 0 Å². The molecule has 0 spiro atoms. The number of Topliss-reactive ketones (excluding diaryl/α,β-unsaturated/α-hetero) is 1. The summed E-state index contributed by atoms with van der Waals surface area (Å²) in [4.78, 5) is 23.8. The largest absolute Gasteiger partial charge is 0.345 e. The van der Waals surface area contributed by atoms with E-state index < -0.39 is 16.8 Å². The van der Waals surface area contributed by atoms with E-state index in [1.54, 1.807) is 24.3 Å². The molecule has 1 rings (SSSR count). The number of nitrogens with one attached hydrogen (secondary N) is 1. The van der Waals surface area contributed by atoms with Gasteiger partial charge in [0, 0.05) is 4.90 Å². The fraction of sp³-hybridized carbons (Fsp3) is 0.429. The van der Waals surface area contributed by atoms with Crippen molar-refractivity contribution in [1.82, 2.24) is 5.32 Å². The first-order chi connectivity index (χ1) is 8.91. The average Bonchev–Trinajstić information content (AvgIpc) is 2.36. The quantitative estimate of drug-likeness (QED) is 0.860. The average molecular weight is 281 g/mol. The first kappa shape index (κ1) is 15.6. The normalized spacial score (nSPS) is 13.9. The number of carbonyl (C=O) groups excluding carboxylic acids is 2. The van der Waals surface area contributed by atoms with Gasteiger partial charge in [0.25, 0.3) is 0 Å². The monoisotopic (exact) mass is 281 g/mol. The molecule has 0 radical (unpaired) electrons. The number of hydrogen-bond donors (Lipinski definition) is 1. The highest BCUT2D eigenvalue weighted by Gasteiger charge is 2.21. The molecule has 0 fully saturated rings. The van der Waals surface area contributed by atoms with E-state index in [4.69, 9.17) is 0 Å². The minimum absolute atomic E-state index is 0.0200. The highest BCUT2D eigenvalue weighted by Crippen LogP contribution is 2.06. The van der Waals surface area contributed by atoms with Gasteiger partial charge in [-0.25, -0.2) is 0 Å². The predicted molar refractivity (Wildman–Crippen MR) is 75.2 cm³/mol. The summed E-state index contributed by atoms with van der Waals surface area (Å²) < 4.78 is 11.9. The Labute approximate surface area is 116 Å². The third kappa shape index (κ3) is 4.95. The van der Waals surface area contributed by atoms with Crippen molar-refractivity contribution in [2.45, 2.75) is 31.7 Å². The van der Waals surface area contributed by atoms with E-state index in [2.05, 4.69) is 5.32 Å². The van der Waals surface area contributed by atoms with Gasteiger partial charge in [0.15, 0.2) is 5.78 Å². The summed E-state index contributed by atoms with van der Waals surface area (Å²) in [5, 5.41) is 2.64. The van der Waals surface area contributed by atoms with Crippen molar-refractivity contribution in [3.8, 4) is 0 Å². The van der Waals surface area contributed by atoms with E-state index in [1.165, 1.54) is 6.92 Å². The van der Waals surface area contributed by atoms with Crippen molar-refractivity contribution >= 4 is 22.5 Å². The molecule has 1 aromatic rings. The van der Waals surface area contributed by atoms with Crippen LogP contribution in [0.5, 0.6) is 0 Å². The minimum atomic E-state index is -1.38. The summed E-state index contributed by atoms with van der Waals surface area (Å²) in [5.41, 5.74) is 0. The van der Waals surface area contributed by atoms with Crippen LogP contribution in [0.25, 0.3) is 0 Å². The maximum absolute atomic E-state index is 11.9. The van der Waals surface area contributed by atoms with Gasteiger partial charge < -0.3 is 5.32 Å². The minimum Gasteiger partial charge on any atom is -0.345 e. The Morgan fingerprint density at radius 1 is 1.21 bits per heavy atom. The summed E-state index contributed by atoms with van der Waals surface area (Å²) in [7, 11) is -1.38. The van der Waals surface area contributed by atoms with E-state index >= 15 is 0 Å². The molecule has 2 unspecified atom stereocenters. The van der Waals surface area contributed by atoms with Crippen LogP contribution in [-0.4, -0.2) is 27.7 Å². The number of carbonyl (C=O) groups is 2. The van der Waals surface area contributed by atoms with Crippen LogP contribution in [0.15, 0.2) is 35.2 Å². The lowest BCUT2D eigenvalue weighted by atomic mass is 10.0. The van der Waals surface area contributed by atoms with Gasteiger partial charge in [-0.05, 0) is 25.0 Å². The second kappa shape index (κ2) is 7.19. The standard InChI is InChI=1S/C14H19NO3S/c1-10(2)14(11(3)16)15-13(17)9-19(18)12-7-5-4-6-8-12/h4-8,10,14H,9H2,1-3H3,(H,15,17). The lowest BCUT2D eigenvalue weighted by molar-refractivity contribution is -0.126. The molecule has 0 aliphatic heterocycles. The number of amides is 1. The molecule has 0 aliphatic carbocycles. The van der Waals surface area contributed by atoms with Crippen LogP contribution < -0.4 is 5.32 Å². The first-order valence-electron chi connectivity index (χ1n) is 6.15. The maximum atomic E-state index is 11.9. The molecule has 0 aliphatic rings. The van der Waals surface area contributed by atoms with Gasteiger partial charge in [0.1, 0.15) is 5.75 Å². The fourth-order valence-electron chi connectivity index (χ4n) is 1.73. The van der Waals surface area contributed by atoms with Crippen molar-refractivity contribution in [2.75, 3.05) is 5.75 Å². The topological polar surface area (TPSA) is 63.2 Å². The molecular formula is C14H19NO3S. The van der Waals surface area contributed by atoms with Crippen molar-refractivity contribution in [2.24, 2.45) is 5.92 Å². The SMILES string of the molecule is CC(=O)C(NC(=O)CS(=O)c1ccccc1)C(C)C. The van der Waals surface area contributed by atoms with Gasteiger partial charge in [-0.2, -0.15) is 0 Å². The van der Waals surface area contributed by atoms with Crippen molar-refractivity contribution in [1.29, 1.82) is 0 Å². The second-order valence-corrected chi connectivity index (χ2v) is 6.15. The number of rotatable bonds is 6. The molecule has 1 aromatic carbocycles. The third-order valence-corrected chi connectivity index (χ3v) is 4.01. The zero-order valence-electron chi connectivity index (χ0n) is 11.4. The first-order valence-corrected chi connectivity index (χ1v) is 7.47. The highest BCUT2D eigenvalue weighted by molar-refractivity contribution is 7.85. The van der Waals surface area contributed by atoms with E-state index in [0.717, 1.165) is 0 Å². The van der Waals surface area contributed by atoms with Crippen molar-refractivity contribution in [3.05, 3.63) is 30.3 Å². The van der Waals surface area contributed by atoms with Crippen LogP contribution in [0.4, 0.5) is 0 Å². The maximum Gasteiger partial charge on any atom is 0.233 e.